The predicted octanol–water partition coefficient (Wildman–Crippen LogP) is 4.40. The number of aromatic nitrogens is 2. The van der Waals surface area contributed by atoms with E-state index in [-0.39, 0.29) is 0 Å². The minimum atomic E-state index is 1.10. The summed E-state index contributed by atoms with van der Waals surface area (Å²) < 4.78 is 2.17. The topological polar surface area (TPSA) is 17.8 Å². The quantitative estimate of drug-likeness (QED) is 0.646. The van der Waals surface area contributed by atoms with Gasteiger partial charge in [-0.1, -0.05) is 6.07 Å². The van der Waals surface area contributed by atoms with Gasteiger partial charge in [-0.25, -0.2) is 4.98 Å². The van der Waals surface area contributed by atoms with Gasteiger partial charge in [0.25, 0.3) is 0 Å². The Hall–Kier alpha value is -1.87. The summed E-state index contributed by atoms with van der Waals surface area (Å²) in [6.45, 7) is 2.11. The fourth-order valence-corrected chi connectivity index (χ4v) is 3.97. The van der Waals surface area contributed by atoms with Crippen LogP contribution in [0.4, 0.5) is 0 Å². The third-order valence-corrected chi connectivity index (χ3v) is 4.95. The molecule has 2 aromatic heterocycles. The zero-order valence-corrected chi connectivity index (χ0v) is 12.3. The normalized spacial score (nSPS) is 13.7. The first-order valence-electron chi connectivity index (χ1n) is 7.04. The Bertz CT molecular complexity index is 753. The van der Waals surface area contributed by atoms with Gasteiger partial charge in [0, 0.05) is 18.1 Å². The summed E-state index contributed by atoms with van der Waals surface area (Å²) in [6, 6.07) is 10.9. The van der Waals surface area contributed by atoms with Crippen molar-refractivity contribution in [3.05, 3.63) is 59.0 Å². The average Bonchev–Trinajstić information content (AvgIpc) is 3.06. The molecule has 0 bridgehead atoms. The SMILES string of the molecule is Cc1nc2c(s1)-c1cc(-n3cccc3)ccc1CCC2. The van der Waals surface area contributed by atoms with E-state index in [9.17, 15) is 0 Å². The molecule has 0 amide bonds. The van der Waals surface area contributed by atoms with Crippen molar-refractivity contribution in [2.45, 2.75) is 26.2 Å². The average molecular weight is 280 g/mol. The molecule has 0 spiro atoms. The number of aryl methyl sites for hydroxylation is 3. The number of benzene rings is 1. The molecule has 2 heterocycles. The minimum Gasteiger partial charge on any atom is -0.324 e. The first kappa shape index (κ1) is 11.9. The maximum Gasteiger partial charge on any atom is 0.0903 e. The molecule has 0 unspecified atom stereocenters. The van der Waals surface area contributed by atoms with Crippen molar-refractivity contribution in [2.24, 2.45) is 0 Å². The van der Waals surface area contributed by atoms with Crippen LogP contribution in [-0.2, 0) is 12.8 Å². The molecule has 100 valence electrons. The van der Waals surface area contributed by atoms with Crippen LogP contribution in [0.15, 0.2) is 42.7 Å². The number of fused-ring (bicyclic) bond motifs is 3. The number of nitrogens with zero attached hydrogens (tertiary/aromatic N) is 2. The standard InChI is InChI=1S/C17H16N2S/c1-12-18-16-6-4-5-13-7-8-14(19-9-2-3-10-19)11-15(13)17(16)20-12/h2-3,7-11H,4-6H2,1H3. The highest BCUT2D eigenvalue weighted by molar-refractivity contribution is 7.15. The van der Waals surface area contributed by atoms with E-state index in [4.69, 9.17) is 4.98 Å². The lowest BCUT2D eigenvalue weighted by molar-refractivity contribution is 0.815. The summed E-state index contributed by atoms with van der Waals surface area (Å²) in [5.74, 6) is 0. The van der Waals surface area contributed by atoms with Gasteiger partial charge in [-0.3, -0.25) is 0 Å². The maximum atomic E-state index is 4.71. The van der Waals surface area contributed by atoms with Crippen molar-refractivity contribution in [3.63, 3.8) is 0 Å². The molecule has 0 aliphatic heterocycles. The molecular weight excluding hydrogens is 264 g/mol. The Morgan fingerprint density at radius 1 is 1.15 bits per heavy atom. The summed E-state index contributed by atoms with van der Waals surface area (Å²) in [4.78, 5) is 6.09. The summed E-state index contributed by atoms with van der Waals surface area (Å²) in [5, 5.41) is 1.18. The molecular formula is C17H16N2S. The van der Waals surface area contributed by atoms with E-state index >= 15 is 0 Å². The molecule has 0 saturated carbocycles. The first-order valence-corrected chi connectivity index (χ1v) is 7.86. The molecule has 3 heteroatoms. The van der Waals surface area contributed by atoms with E-state index in [0.29, 0.717) is 0 Å². The fraction of sp³-hybridized carbons (Fsp3) is 0.235. The van der Waals surface area contributed by atoms with Gasteiger partial charge in [-0.15, -0.1) is 11.3 Å². The van der Waals surface area contributed by atoms with Gasteiger partial charge in [0.15, 0.2) is 0 Å². The van der Waals surface area contributed by atoms with Crippen LogP contribution in [0.1, 0.15) is 22.7 Å². The van der Waals surface area contributed by atoms with Crippen LogP contribution in [0.5, 0.6) is 0 Å². The molecule has 1 aliphatic carbocycles. The Kier molecular flexibility index (Phi) is 2.74. The van der Waals surface area contributed by atoms with Crippen LogP contribution in [0, 0.1) is 6.92 Å². The Morgan fingerprint density at radius 2 is 2.00 bits per heavy atom. The van der Waals surface area contributed by atoms with Crippen LogP contribution >= 0.6 is 11.3 Å². The van der Waals surface area contributed by atoms with Crippen molar-refractivity contribution in [1.29, 1.82) is 0 Å². The van der Waals surface area contributed by atoms with E-state index in [1.807, 2.05) is 11.3 Å². The first-order chi connectivity index (χ1) is 9.81. The number of hydrogen-bond donors (Lipinski definition) is 0. The van der Waals surface area contributed by atoms with Crippen molar-refractivity contribution in [3.8, 4) is 16.1 Å². The van der Waals surface area contributed by atoms with Gasteiger partial charge in [0.2, 0.25) is 0 Å². The predicted molar refractivity (Wildman–Crippen MR) is 83.6 cm³/mol. The molecule has 3 aromatic rings. The molecule has 20 heavy (non-hydrogen) atoms. The smallest absolute Gasteiger partial charge is 0.0903 e. The molecule has 1 aromatic carbocycles. The highest BCUT2D eigenvalue weighted by atomic mass is 32.1. The second kappa shape index (κ2) is 4.60. The third kappa shape index (κ3) is 1.90. The lowest BCUT2D eigenvalue weighted by Crippen LogP contribution is -1.93. The van der Waals surface area contributed by atoms with Crippen molar-refractivity contribution in [1.82, 2.24) is 9.55 Å². The Balaban J connectivity index is 1.92. The molecule has 0 fully saturated rings. The molecule has 0 radical (unpaired) electrons. The van der Waals surface area contributed by atoms with Gasteiger partial charge in [-0.2, -0.15) is 0 Å². The molecule has 2 nitrogen and oxygen atoms in total. The molecule has 0 atom stereocenters. The van der Waals surface area contributed by atoms with Gasteiger partial charge in [0.05, 0.1) is 15.6 Å². The summed E-state index contributed by atoms with van der Waals surface area (Å²) >= 11 is 1.83. The van der Waals surface area contributed by atoms with Crippen LogP contribution in [0.2, 0.25) is 0 Å². The van der Waals surface area contributed by atoms with Gasteiger partial charge in [0.1, 0.15) is 0 Å². The molecule has 4 rings (SSSR count). The van der Waals surface area contributed by atoms with Crippen LogP contribution in [0.3, 0.4) is 0 Å². The molecule has 0 N–H and O–H groups in total. The second-order valence-electron chi connectivity index (χ2n) is 5.29. The Labute approximate surface area is 122 Å². The van der Waals surface area contributed by atoms with E-state index < -0.39 is 0 Å². The third-order valence-electron chi connectivity index (χ3n) is 3.90. The van der Waals surface area contributed by atoms with E-state index in [1.54, 1.807) is 0 Å². The summed E-state index contributed by atoms with van der Waals surface area (Å²) in [7, 11) is 0. The number of rotatable bonds is 1. The second-order valence-corrected chi connectivity index (χ2v) is 6.50. The fourth-order valence-electron chi connectivity index (χ4n) is 2.96. The van der Waals surface area contributed by atoms with Gasteiger partial charge >= 0.3 is 0 Å². The van der Waals surface area contributed by atoms with Crippen LogP contribution in [-0.4, -0.2) is 9.55 Å². The highest BCUT2D eigenvalue weighted by Crippen LogP contribution is 2.37. The zero-order valence-electron chi connectivity index (χ0n) is 11.5. The molecule has 1 aliphatic rings. The molecule has 0 saturated heterocycles. The van der Waals surface area contributed by atoms with E-state index in [2.05, 4.69) is 54.2 Å². The minimum absolute atomic E-state index is 1.10. The van der Waals surface area contributed by atoms with Crippen molar-refractivity contribution in [2.75, 3.05) is 0 Å². The summed E-state index contributed by atoms with van der Waals surface area (Å²) in [6.07, 6.45) is 7.65. The highest BCUT2D eigenvalue weighted by Gasteiger charge is 2.18. The lowest BCUT2D eigenvalue weighted by atomic mass is 10.0. The maximum absolute atomic E-state index is 4.71. The van der Waals surface area contributed by atoms with E-state index in [0.717, 1.165) is 12.8 Å². The largest absolute Gasteiger partial charge is 0.324 e. The van der Waals surface area contributed by atoms with Gasteiger partial charge < -0.3 is 4.57 Å². The number of thiazole rings is 1. The van der Waals surface area contributed by atoms with Crippen molar-refractivity contribution < 1.29 is 0 Å². The Morgan fingerprint density at radius 3 is 2.85 bits per heavy atom. The van der Waals surface area contributed by atoms with E-state index in [1.165, 1.54) is 38.8 Å². The monoisotopic (exact) mass is 280 g/mol. The van der Waals surface area contributed by atoms with Crippen molar-refractivity contribution >= 4 is 11.3 Å². The summed E-state index contributed by atoms with van der Waals surface area (Å²) in [5.41, 5.74) is 5.36. The van der Waals surface area contributed by atoms with Gasteiger partial charge in [-0.05, 0) is 61.6 Å². The lowest BCUT2D eigenvalue weighted by Gasteiger charge is -2.09. The zero-order chi connectivity index (χ0) is 13.5. The van der Waals surface area contributed by atoms with Crippen LogP contribution in [0.25, 0.3) is 16.1 Å². The number of hydrogen-bond acceptors (Lipinski definition) is 2. The van der Waals surface area contributed by atoms with Crippen LogP contribution < -0.4 is 0 Å².